The van der Waals surface area contributed by atoms with Crippen LogP contribution in [0.2, 0.25) is 0 Å². The fourth-order valence-corrected chi connectivity index (χ4v) is 2.50. The van der Waals surface area contributed by atoms with Crippen LogP contribution in [0, 0.1) is 0 Å². The van der Waals surface area contributed by atoms with Crippen molar-refractivity contribution in [1.82, 2.24) is 5.43 Å². The van der Waals surface area contributed by atoms with E-state index in [2.05, 4.69) is 29.4 Å². The minimum absolute atomic E-state index is 0.439. The van der Waals surface area contributed by atoms with Crippen LogP contribution < -0.4 is 11.2 Å². The maximum absolute atomic E-state index is 5.77. The normalized spacial score (nSPS) is 12.2. The third kappa shape index (κ3) is 18.9. The van der Waals surface area contributed by atoms with Gasteiger partial charge in [0.2, 0.25) is 5.96 Å². The summed E-state index contributed by atoms with van der Waals surface area (Å²) in [5.41, 5.74) is 8.58. The number of aliphatic imine (C=N–C) groups is 1. The second-order valence-electron chi connectivity index (χ2n) is 6.37. The molecule has 0 atom stereocenters. The van der Waals surface area contributed by atoms with Crippen LogP contribution in [0.15, 0.2) is 10.1 Å². The van der Waals surface area contributed by atoms with Crippen LogP contribution in [0.25, 0.3) is 0 Å². The number of hydrazone groups is 1. The topological polar surface area (TPSA) is 62.8 Å². The highest BCUT2D eigenvalue weighted by atomic mass is 15.3. The van der Waals surface area contributed by atoms with Gasteiger partial charge in [0.15, 0.2) is 0 Å². The van der Waals surface area contributed by atoms with Crippen molar-refractivity contribution < 1.29 is 0 Å². The fraction of sp³-hybridized carbons (Fsp3) is 0.895. The molecule has 0 radical (unpaired) electrons. The summed E-state index contributed by atoms with van der Waals surface area (Å²) in [4.78, 5) is 4.29. The van der Waals surface area contributed by atoms with Crippen LogP contribution in [0.3, 0.4) is 0 Å². The Labute approximate surface area is 144 Å². The van der Waals surface area contributed by atoms with E-state index < -0.39 is 0 Å². The lowest BCUT2D eigenvalue weighted by Crippen LogP contribution is -2.27. The van der Waals surface area contributed by atoms with Crippen molar-refractivity contribution in [2.45, 2.75) is 104 Å². The van der Waals surface area contributed by atoms with Crippen molar-refractivity contribution in [3.63, 3.8) is 0 Å². The molecule has 23 heavy (non-hydrogen) atoms. The first-order valence-electron chi connectivity index (χ1n) is 9.88. The van der Waals surface area contributed by atoms with E-state index in [1.807, 2.05) is 6.21 Å². The largest absolute Gasteiger partial charge is 0.369 e. The zero-order valence-corrected chi connectivity index (χ0v) is 15.7. The zero-order chi connectivity index (χ0) is 17.0. The predicted octanol–water partition coefficient (Wildman–Crippen LogP) is 5.38. The van der Waals surface area contributed by atoms with Gasteiger partial charge < -0.3 is 5.73 Å². The number of hydrogen-bond acceptors (Lipinski definition) is 2. The average molecular weight is 325 g/mol. The Balaban J connectivity index is 3.35. The molecule has 3 N–H and O–H groups in total. The standard InChI is InChI=1S/C19H40N4/c1-3-5-7-9-11-12-14-16-18-22-23-19(20)21-17-15-13-10-8-6-4-2/h18H,3-17H2,1-2H3,(H3,20,21,23). The third-order valence-electron chi connectivity index (χ3n) is 4.00. The van der Waals surface area contributed by atoms with Gasteiger partial charge in [-0.15, -0.1) is 0 Å². The number of guanidine groups is 1. The van der Waals surface area contributed by atoms with Crippen LogP contribution in [-0.4, -0.2) is 18.7 Å². The SMILES string of the molecule is CCCCCCCCCC=NNC(N)=NCCCCCCCC. The molecule has 0 aliphatic rings. The monoisotopic (exact) mass is 324 g/mol. The summed E-state index contributed by atoms with van der Waals surface area (Å²) in [5.74, 6) is 0.439. The van der Waals surface area contributed by atoms with Crippen molar-refractivity contribution >= 4 is 12.2 Å². The summed E-state index contributed by atoms with van der Waals surface area (Å²) >= 11 is 0. The molecule has 0 aromatic heterocycles. The Morgan fingerprint density at radius 1 is 0.783 bits per heavy atom. The van der Waals surface area contributed by atoms with Gasteiger partial charge in [-0.1, -0.05) is 84.5 Å². The molecule has 4 heteroatoms. The lowest BCUT2D eigenvalue weighted by Gasteiger charge is -2.01. The van der Waals surface area contributed by atoms with E-state index in [4.69, 9.17) is 5.73 Å². The van der Waals surface area contributed by atoms with E-state index >= 15 is 0 Å². The zero-order valence-electron chi connectivity index (χ0n) is 15.7. The van der Waals surface area contributed by atoms with Crippen LogP contribution in [-0.2, 0) is 0 Å². The smallest absolute Gasteiger partial charge is 0.209 e. The summed E-state index contributed by atoms with van der Waals surface area (Å²) in [6.07, 6.45) is 19.9. The Morgan fingerprint density at radius 3 is 1.91 bits per heavy atom. The Hall–Kier alpha value is -1.06. The van der Waals surface area contributed by atoms with Gasteiger partial charge in [-0.2, -0.15) is 5.10 Å². The third-order valence-corrected chi connectivity index (χ3v) is 4.00. The first-order chi connectivity index (χ1) is 11.3. The molecule has 0 spiro atoms. The summed E-state index contributed by atoms with van der Waals surface area (Å²) < 4.78 is 0. The molecule has 4 nitrogen and oxygen atoms in total. The molecule has 0 aliphatic heterocycles. The highest BCUT2D eigenvalue weighted by Gasteiger charge is 1.92. The van der Waals surface area contributed by atoms with Crippen molar-refractivity contribution in [3.8, 4) is 0 Å². The maximum Gasteiger partial charge on any atom is 0.209 e. The van der Waals surface area contributed by atoms with Gasteiger partial charge in [0.1, 0.15) is 0 Å². The van der Waals surface area contributed by atoms with Gasteiger partial charge in [0, 0.05) is 12.8 Å². The van der Waals surface area contributed by atoms with Crippen molar-refractivity contribution in [2.75, 3.05) is 6.54 Å². The van der Waals surface area contributed by atoms with Crippen LogP contribution in [0.1, 0.15) is 104 Å². The number of unbranched alkanes of at least 4 members (excludes halogenated alkanes) is 12. The molecule has 0 heterocycles. The van der Waals surface area contributed by atoms with Gasteiger partial charge in [0.05, 0.1) is 0 Å². The second kappa shape index (κ2) is 19.0. The molecule has 0 unspecified atom stereocenters. The molecule has 0 saturated carbocycles. The van der Waals surface area contributed by atoms with Gasteiger partial charge in [0.25, 0.3) is 0 Å². The average Bonchev–Trinajstić information content (AvgIpc) is 2.55. The number of nitrogens with two attached hydrogens (primary N) is 1. The van der Waals surface area contributed by atoms with Crippen molar-refractivity contribution in [2.24, 2.45) is 15.8 Å². The minimum atomic E-state index is 0.439. The molecule has 0 bridgehead atoms. The Kier molecular flexibility index (Phi) is 18.1. The number of nitrogens with one attached hydrogen (secondary N) is 1. The lowest BCUT2D eigenvalue weighted by atomic mass is 10.1. The molecule has 0 saturated heterocycles. The Morgan fingerprint density at radius 2 is 1.30 bits per heavy atom. The molecule has 0 aromatic carbocycles. The number of rotatable bonds is 16. The Bertz CT molecular complexity index is 287. The minimum Gasteiger partial charge on any atom is -0.369 e. The number of hydrogen-bond donors (Lipinski definition) is 2. The first-order valence-corrected chi connectivity index (χ1v) is 9.88. The van der Waals surface area contributed by atoms with E-state index in [9.17, 15) is 0 Å². The molecule has 0 rings (SSSR count). The molecule has 0 fully saturated rings. The summed E-state index contributed by atoms with van der Waals surface area (Å²) in [6.45, 7) is 5.30. The van der Waals surface area contributed by atoms with Crippen LogP contribution in [0.5, 0.6) is 0 Å². The second-order valence-corrected chi connectivity index (χ2v) is 6.37. The van der Waals surface area contributed by atoms with Gasteiger partial charge in [-0.05, 0) is 19.3 Å². The van der Waals surface area contributed by atoms with Gasteiger partial charge in [-0.25, -0.2) is 5.43 Å². The molecule has 136 valence electrons. The maximum atomic E-state index is 5.77. The highest BCUT2D eigenvalue weighted by molar-refractivity contribution is 5.78. The predicted molar refractivity (Wildman–Crippen MR) is 104 cm³/mol. The molecule has 0 aromatic rings. The summed E-state index contributed by atoms with van der Waals surface area (Å²) in [7, 11) is 0. The van der Waals surface area contributed by atoms with E-state index in [-0.39, 0.29) is 0 Å². The highest BCUT2D eigenvalue weighted by Crippen LogP contribution is 2.07. The molecule has 0 aliphatic carbocycles. The van der Waals surface area contributed by atoms with E-state index in [1.165, 1.54) is 77.0 Å². The summed E-state index contributed by atoms with van der Waals surface area (Å²) in [6, 6.07) is 0. The van der Waals surface area contributed by atoms with Crippen LogP contribution >= 0.6 is 0 Å². The molecule has 0 amide bonds. The number of nitrogens with zero attached hydrogens (tertiary/aromatic N) is 2. The van der Waals surface area contributed by atoms with Gasteiger partial charge >= 0.3 is 0 Å². The van der Waals surface area contributed by atoms with Crippen LogP contribution in [0.4, 0.5) is 0 Å². The van der Waals surface area contributed by atoms with Gasteiger partial charge in [-0.3, -0.25) is 4.99 Å². The van der Waals surface area contributed by atoms with Crippen molar-refractivity contribution in [3.05, 3.63) is 0 Å². The molecular formula is C19H40N4. The lowest BCUT2D eigenvalue weighted by molar-refractivity contribution is 0.596. The van der Waals surface area contributed by atoms with Crippen molar-refractivity contribution in [1.29, 1.82) is 0 Å². The first kappa shape index (κ1) is 21.9. The van der Waals surface area contributed by atoms with E-state index in [1.54, 1.807) is 0 Å². The van der Waals surface area contributed by atoms with E-state index in [0.717, 1.165) is 19.4 Å². The fourth-order valence-electron chi connectivity index (χ4n) is 2.50. The summed E-state index contributed by atoms with van der Waals surface area (Å²) in [5, 5.41) is 4.13. The van der Waals surface area contributed by atoms with E-state index in [0.29, 0.717) is 5.96 Å². The quantitative estimate of drug-likeness (QED) is 0.173. The molecular weight excluding hydrogens is 284 g/mol.